The maximum Gasteiger partial charge on any atom is 0.273 e. The first kappa shape index (κ1) is 20.7. The molecule has 30 heavy (non-hydrogen) atoms. The number of aromatic nitrogens is 1. The molecule has 1 fully saturated rings. The van der Waals surface area contributed by atoms with E-state index >= 15 is 0 Å². The number of thiophene rings is 1. The normalized spacial score (nSPS) is 14.6. The molecule has 0 spiro atoms. The first-order chi connectivity index (χ1) is 14.6. The molecule has 0 bridgehead atoms. The third-order valence-corrected chi connectivity index (χ3v) is 7.03. The van der Waals surface area contributed by atoms with Crippen LogP contribution in [0, 0.1) is 0 Å². The molecule has 0 radical (unpaired) electrons. The molecule has 4 rings (SSSR count). The second-order valence-electron chi connectivity index (χ2n) is 7.32. The Bertz CT molecular complexity index is 980. The molecule has 1 saturated heterocycles. The van der Waals surface area contributed by atoms with Crippen LogP contribution in [-0.4, -0.2) is 71.3 Å². The van der Waals surface area contributed by atoms with Gasteiger partial charge in [-0.25, -0.2) is 4.98 Å². The fraction of sp³-hybridized carbons (Fsp3) is 0.318. The van der Waals surface area contributed by atoms with Crippen LogP contribution in [0.1, 0.15) is 16.1 Å². The topological polar surface area (TPSA) is 56.8 Å². The molecular formula is C22H24N4O2S2. The van der Waals surface area contributed by atoms with E-state index < -0.39 is 0 Å². The SMILES string of the molecule is CN(CC(=O)N1CCN(Cc2ccccc2)CC1)C(=O)c1csc(-c2cccs2)n1. The summed E-state index contributed by atoms with van der Waals surface area (Å²) in [4.78, 5) is 36.6. The first-order valence-electron chi connectivity index (χ1n) is 9.89. The van der Waals surface area contributed by atoms with Crippen molar-refractivity contribution in [1.29, 1.82) is 0 Å². The van der Waals surface area contributed by atoms with Gasteiger partial charge in [0.15, 0.2) is 0 Å². The van der Waals surface area contributed by atoms with Crippen LogP contribution in [0.5, 0.6) is 0 Å². The zero-order valence-electron chi connectivity index (χ0n) is 16.9. The Kier molecular flexibility index (Phi) is 6.56. The summed E-state index contributed by atoms with van der Waals surface area (Å²) in [7, 11) is 1.66. The zero-order valence-corrected chi connectivity index (χ0v) is 18.5. The molecule has 0 aliphatic carbocycles. The number of thiazole rings is 1. The molecule has 3 aromatic rings. The van der Waals surface area contributed by atoms with Gasteiger partial charge < -0.3 is 9.80 Å². The van der Waals surface area contributed by atoms with Gasteiger partial charge in [-0.1, -0.05) is 36.4 Å². The van der Waals surface area contributed by atoms with Gasteiger partial charge in [-0.05, 0) is 17.0 Å². The molecule has 0 N–H and O–H groups in total. The lowest BCUT2D eigenvalue weighted by molar-refractivity contribution is -0.133. The van der Waals surface area contributed by atoms with E-state index in [1.165, 1.54) is 21.8 Å². The van der Waals surface area contributed by atoms with E-state index in [9.17, 15) is 9.59 Å². The minimum Gasteiger partial charge on any atom is -0.339 e. The number of carbonyl (C=O) groups excluding carboxylic acids is 2. The average Bonchev–Trinajstić information content (AvgIpc) is 3.46. The summed E-state index contributed by atoms with van der Waals surface area (Å²) < 4.78 is 0. The van der Waals surface area contributed by atoms with Crippen LogP contribution < -0.4 is 0 Å². The third-order valence-electron chi connectivity index (χ3n) is 5.15. The van der Waals surface area contributed by atoms with E-state index in [2.05, 4.69) is 22.0 Å². The molecule has 2 amide bonds. The maximum atomic E-state index is 12.7. The number of benzene rings is 1. The number of nitrogens with zero attached hydrogens (tertiary/aromatic N) is 4. The minimum absolute atomic E-state index is 0.0149. The van der Waals surface area contributed by atoms with Crippen LogP contribution in [0.4, 0.5) is 0 Å². The fourth-order valence-corrected chi connectivity index (χ4v) is 5.06. The van der Waals surface area contributed by atoms with Gasteiger partial charge in [-0.3, -0.25) is 14.5 Å². The van der Waals surface area contributed by atoms with Crippen molar-refractivity contribution >= 4 is 34.5 Å². The molecule has 1 aliphatic heterocycles. The largest absolute Gasteiger partial charge is 0.339 e. The van der Waals surface area contributed by atoms with Gasteiger partial charge in [-0.15, -0.1) is 22.7 Å². The Morgan fingerprint density at radius 1 is 1.03 bits per heavy atom. The highest BCUT2D eigenvalue weighted by Crippen LogP contribution is 2.28. The second-order valence-corrected chi connectivity index (χ2v) is 9.12. The first-order valence-corrected chi connectivity index (χ1v) is 11.6. The summed E-state index contributed by atoms with van der Waals surface area (Å²) in [6.45, 7) is 4.03. The molecule has 6 nitrogen and oxygen atoms in total. The number of amides is 2. The van der Waals surface area contributed by atoms with Crippen molar-refractivity contribution in [2.45, 2.75) is 6.54 Å². The van der Waals surface area contributed by atoms with Gasteiger partial charge >= 0.3 is 0 Å². The fourth-order valence-electron chi connectivity index (χ4n) is 3.45. The van der Waals surface area contributed by atoms with Crippen molar-refractivity contribution < 1.29 is 9.59 Å². The number of hydrogen-bond donors (Lipinski definition) is 0. The molecule has 0 saturated carbocycles. The Labute approximate surface area is 184 Å². The Morgan fingerprint density at radius 2 is 1.80 bits per heavy atom. The zero-order chi connectivity index (χ0) is 20.9. The van der Waals surface area contributed by atoms with Crippen molar-refractivity contribution in [3.63, 3.8) is 0 Å². The van der Waals surface area contributed by atoms with Crippen LogP contribution in [0.3, 0.4) is 0 Å². The van der Waals surface area contributed by atoms with Crippen LogP contribution in [-0.2, 0) is 11.3 Å². The lowest BCUT2D eigenvalue weighted by Gasteiger charge is -2.35. The second kappa shape index (κ2) is 9.51. The Morgan fingerprint density at radius 3 is 2.50 bits per heavy atom. The minimum atomic E-state index is -0.217. The van der Waals surface area contributed by atoms with Crippen LogP contribution in [0.25, 0.3) is 9.88 Å². The van der Waals surface area contributed by atoms with Gasteiger partial charge in [-0.2, -0.15) is 0 Å². The smallest absolute Gasteiger partial charge is 0.273 e. The molecule has 8 heteroatoms. The molecule has 1 aliphatic rings. The lowest BCUT2D eigenvalue weighted by atomic mass is 10.2. The van der Waals surface area contributed by atoms with E-state index in [-0.39, 0.29) is 18.4 Å². The van der Waals surface area contributed by atoms with Crippen molar-refractivity contribution in [3.05, 3.63) is 64.5 Å². The Hall–Kier alpha value is -2.55. The van der Waals surface area contributed by atoms with Crippen molar-refractivity contribution in [1.82, 2.24) is 19.7 Å². The van der Waals surface area contributed by atoms with E-state index in [4.69, 9.17) is 0 Å². The molecular weight excluding hydrogens is 416 g/mol. The van der Waals surface area contributed by atoms with Crippen LogP contribution >= 0.6 is 22.7 Å². The van der Waals surface area contributed by atoms with E-state index in [0.29, 0.717) is 18.8 Å². The summed E-state index contributed by atoms with van der Waals surface area (Å²) >= 11 is 3.05. The highest BCUT2D eigenvalue weighted by atomic mass is 32.1. The maximum absolute atomic E-state index is 12.7. The number of rotatable bonds is 6. The number of carbonyl (C=O) groups is 2. The summed E-state index contributed by atoms with van der Waals surface area (Å²) in [5, 5.41) is 4.59. The molecule has 156 valence electrons. The standard InChI is InChI=1S/C22H24N4O2S2/c1-24(22(28)18-16-30-21(23-18)19-8-5-13-29-19)15-20(27)26-11-9-25(10-12-26)14-17-6-3-2-4-7-17/h2-8,13,16H,9-12,14-15H2,1H3. The Balaban J connectivity index is 1.27. The lowest BCUT2D eigenvalue weighted by Crippen LogP contribution is -2.51. The molecule has 1 aromatic carbocycles. The predicted octanol–water partition coefficient (Wildman–Crippen LogP) is 3.29. The molecule has 3 heterocycles. The van der Waals surface area contributed by atoms with E-state index in [0.717, 1.165) is 29.5 Å². The van der Waals surface area contributed by atoms with Gasteiger partial charge in [0.05, 0.1) is 11.4 Å². The summed E-state index contributed by atoms with van der Waals surface area (Å²) in [6.07, 6.45) is 0. The third kappa shape index (κ3) is 4.95. The summed E-state index contributed by atoms with van der Waals surface area (Å²) in [5.41, 5.74) is 1.68. The number of likely N-dealkylation sites (N-methyl/N-ethyl adjacent to an activating group) is 1. The average molecular weight is 441 g/mol. The molecule has 0 atom stereocenters. The summed E-state index contributed by atoms with van der Waals surface area (Å²) in [6, 6.07) is 14.3. The predicted molar refractivity (Wildman–Crippen MR) is 121 cm³/mol. The molecule has 0 unspecified atom stereocenters. The highest BCUT2D eigenvalue weighted by molar-refractivity contribution is 7.20. The van der Waals surface area contributed by atoms with E-state index in [1.54, 1.807) is 23.8 Å². The van der Waals surface area contributed by atoms with Crippen molar-refractivity contribution in [3.8, 4) is 9.88 Å². The van der Waals surface area contributed by atoms with Gasteiger partial charge in [0.1, 0.15) is 10.7 Å². The number of hydrogen-bond acceptors (Lipinski definition) is 6. The number of piperazine rings is 1. The van der Waals surface area contributed by atoms with Crippen molar-refractivity contribution in [2.75, 3.05) is 39.8 Å². The molecule has 2 aromatic heterocycles. The highest BCUT2D eigenvalue weighted by Gasteiger charge is 2.24. The van der Waals surface area contributed by atoms with Gasteiger partial charge in [0.25, 0.3) is 5.91 Å². The quantitative estimate of drug-likeness (QED) is 0.590. The summed E-state index contributed by atoms with van der Waals surface area (Å²) in [5.74, 6) is -0.232. The van der Waals surface area contributed by atoms with Gasteiger partial charge in [0.2, 0.25) is 5.91 Å². The van der Waals surface area contributed by atoms with Crippen LogP contribution in [0.15, 0.2) is 53.2 Å². The van der Waals surface area contributed by atoms with Gasteiger partial charge in [0, 0.05) is 45.2 Å². The van der Waals surface area contributed by atoms with E-state index in [1.807, 2.05) is 40.6 Å². The van der Waals surface area contributed by atoms with Crippen molar-refractivity contribution in [2.24, 2.45) is 0 Å². The monoisotopic (exact) mass is 440 g/mol. The van der Waals surface area contributed by atoms with Crippen LogP contribution in [0.2, 0.25) is 0 Å².